The van der Waals surface area contributed by atoms with Gasteiger partial charge >= 0.3 is 12.1 Å². The SMILES string of the molecule is COC(=O)C1CC(=O)N(c2ccnc(C(F)(F)F)c2)C1. The van der Waals surface area contributed by atoms with Gasteiger partial charge in [0.05, 0.1) is 13.0 Å². The molecule has 0 radical (unpaired) electrons. The van der Waals surface area contributed by atoms with E-state index >= 15 is 0 Å². The van der Waals surface area contributed by atoms with Crippen LogP contribution in [-0.4, -0.2) is 30.5 Å². The zero-order valence-corrected chi connectivity index (χ0v) is 10.5. The molecule has 5 nitrogen and oxygen atoms in total. The van der Waals surface area contributed by atoms with Crippen LogP contribution < -0.4 is 4.90 Å². The van der Waals surface area contributed by atoms with Crippen molar-refractivity contribution in [1.82, 2.24) is 4.98 Å². The summed E-state index contributed by atoms with van der Waals surface area (Å²) in [6, 6.07) is 2.09. The van der Waals surface area contributed by atoms with Gasteiger partial charge in [0, 0.05) is 24.8 Å². The maximum absolute atomic E-state index is 12.6. The van der Waals surface area contributed by atoms with E-state index in [0.717, 1.165) is 17.2 Å². The van der Waals surface area contributed by atoms with Gasteiger partial charge in [0.1, 0.15) is 5.69 Å². The van der Waals surface area contributed by atoms with Crippen molar-refractivity contribution in [2.75, 3.05) is 18.6 Å². The highest BCUT2D eigenvalue weighted by Crippen LogP contribution is 2.32. The number of rotatable bonds is 2. The highest BCUT2D eigenvalue weighted by atomic mass is 19.4. The lowest BCUT2D eigenvalue weighted by Gasteiger charge is -2.17. The molecular formula is C12H11F3N2O3. The van der Waals surface area contributed by atoms with Gasteiger partial charge in [-0.15, -0.1) is 0 Å². The molecule has 2 heterocycles. The fourth-order valence-electron chi connectivity index (χ4n) is 2.02. The molecule has 1 unspecified atom stereocenters. The Balaban J connectivity index is 2.24. The fraction of sp³-hybridized carbons (Fsp3) is 0.417. The van der Waals surface area contributed by atoms with E-state index in [1.54, 1.807) is 0 Å². The van der Waals surface area contributed by atoms with Crippen molar-refractivity contribution in [3.63, 3.8) is 0 Å². The molecule has 1 amide bonds. The summed E-state index contributed by atoms with van der Waals surface area (Å²) in [6.45, 7) is 0.00676. The van der Waals surface area contributed by atoms with Crippen LogP contribution in [-0.2, 0) is 20.5 Å². The number of esters is 1. The number of pyridine rings is 1. The van der Waals surface area contributed by atoms with Crippen LogP contribution in [0, 0.1) is 5.92 Å². The number of carbonyl (C=O) groups excluding carboxylic acids is 2. The number of aromatic nitrogens is 1. The Hall–Kier alpha value is -2.12. The first-order valence-electron chi connectivity index (χ1n) is 5.74. The van der Waals surface area contributed by atoms with Gasteiger partial charge in [-0.05, 0) is 12.1 Å². The first kappa shape index (κ1) is 14.3. The highest BCUT2D eigenvalue weighted by molar-refractivity contribution is 5.99. The minimum atomic E-state index is -4.58. The number of hydrogen-bond acceptors (Lipinski definition) is 4. The molecule has 0 spiro atoms. The first-order valence-corrected chi connectivity index (χ1v) is 5.74. The molecular weight excluding hydrogens is 277 g/mol. The summed E-state index contributed by atoms with van der Waals surface area (Å²) in [4.78, 5) is 27.5. The maximum Gasteiger partial charge on any atom is 0.433 e. The zero-order valence-electron chi connectivity index (χ0n) is 10.5. The second-order valence-electron chi connectivity index (χ2n) is 4.33. The molecule has 0 N–H and O–H groups in total. The molecule has 0 aliphatic carbocycles. The second kappa shape index (κ2) is 5.10. The number of hydrogen-bond donors (Lipinski definition) is 0. The zero-order chi connectivity index (χ0) is 14.9. The van der Waals surface area contributed by atoms with Crippen molar-refractivity contribution in [2.45, 2.75) is 12.6 Å². The van der Waals surface area contributed by atoms with Crippen molar-refractivity contribution in [3.8, 4) is 0 Å². The largest absolute Gasteiger partial charge is 0.469 e. The van der Waals surface area contributed by atoms with E-state index in [-0.39, 0.29) is 18.7 Å². The molecule has 1 aliphatic heterocycles. The smallest absolute Gasteiger partial charge is 0.433 e. The molecule has 1 aliphatic rings. The number of anilines is 1. The number of amides is 1. The van der Waals surface area contributed by atoms with Crippen LogP contribution in [0.25, 0.3) is 0 Å². The molecule has 0 saturated carbocycles. The van der Waals surface area contributed by atoms with Crippen LogP contribution in [0.15, 0.2) is 18.3 Å². The summed E-state index contributed by atoms with van der Waals surface area (Å²) >= 11 is 0. The van der Waals surface area contributed by atoms with Crippen molar-refractivity contribution < 1.29 is 27.5 Å². The number of carbonyl (C=O) groups is 2. The van der Waals surface area contributed by atoms with E-state index in [1.165, 1.54) is 13.2 Å². The molecule has 1 aromatic heterocycles. The molecule has 108 valence electrons. The average Bonchev–Trinajstić information content (AvgIpc) is 2.79. The Morgan fingerprint density at radius 2 is 2.20 bits per heavy atom. The third kappa shape index (κ3) is 2.73. The third-order valence-corrected chi connectivity index (χ3v) is 3.01. The Morgan fingerprint density at radius 3 is 2.80 bits per heavy atom. The minimum Gasteiger partial charge on any atom is -0.469 e. The van der Waals surface area contributed by atoms with Crippen molar-refractivity contribution in [2.24, 2.45) is 5.92 Å². The summed E-state index contributed by atoms with van der Waals surface area (Å²) in [5, 5.41) is 0. The number of methoxy groups -OCH3 is 1. The van der Waals surface area contributed by atoms with E-state index in [0.29, 0.717) is 0 Å². The molecule has 20 heavy (non-hydrogen) atoms. The molecule has 1 aromatic rings. The number of alkyl halides is 3. The minimum absolute atomic E-state index is 0.00676. The maximum atomic E-state index is 12.6. The van der Waals surface area contributed by atoms with Crippen LogP contribution in [0.4, 0.5) is 18.9 Å². The van der Waals surface area contributed by atoms with E-state index in [9.17, 15) is 22.8 Å². The van der Waals surface area contributed by atoms with Gasteiger partial charge in [-0.3, -0.25) is 14.6 Å². The highest BCUT2D eigenvalue weighted by Gasteiger charge is 2.37. The van der Waals surface area contributed by atoms with Gasteiger partial charge in [-0.25, -0.2) is 0 Å². The lowest BCUT2D eigenvalue weighted by atomic mass is 10.1. The summed E-state index contributed by atoms with van der Waals surface area (Å²) in [5.74, 6) is -1.62. The molecule has 0 aromatic carbocycles. The van der Waals surface area contributed by atoms with Crippen LogP contribution in [0.1, 0.15) is 12.1 Å². The van der Waals surface area contributed by atoms with Crippen LogP contribution in [0.5, 0.6) is 0 Å². The Morgan fingerprint density at radius 1 is 1.50 bits per heavy atom. The van der Waals surface area contributed by atoms with E-state index < -0.39 is 29.7 Å². The summed E-state index contributed by atoms with van der Waals surface area (Å²) < 4.78 is 42.2. The Bertz CT molecular complexity index is 545. The standard InChI is InChI=1S/C12H11F3N2O3/c1-20-11(19)7-4-10(18)17(6-7)8-2-3-16-9(5-8)12(13,14)15/h2-3,5,7H,4,6H2,1H3. The molecule has 8 heteroatoms. The van der Waals surface area contributed by atoms with Crippen molar-refractivity contribution in [1.29, 1.82) is 0 Å². The third-order valence-electron chi connectivity index (χ3n) is 3.01. The summed E-state index contributed by atoms with van der Waals surface area (Å²) in [5.41, 5.74) is -1.01. The average molecular weight is 288 g/mol. The Labute approximate surface area is 112 Å². The number of nitrogens with zero attached hydrogens (tertiary/aromatic N) is 2. The normalized spacial score (nSPS) is 19.3. The Kier molecular flexibility index (Phi) is 3.65. The quantitative estimate of drug-likeness (QED) is 0.776. The summed E-state index contributed by atoms with van der Waals surface area (Å²) in [7, 11) is 1.20. The molecule has 1 fully saturated rings. The lowest BCUT2D eigenvalue weighted by molar-refractivity contribution is -0.145. The monoisotopic (exact) mass is 288 g/mol. The fourth-order valence-corrected chi connectivity index (χ4v) is 2.02. The predicted octanol–water partition coefficient (Wildman–Crippen LogP) is 1.63. The second-order valence-corrected chi connectivity index (χ2v) is 4.33. The van der Waals surface area contributed by atoms with Crippen molar-refractivity contribution in [3.05, 3.63) is 24.0 Å². The van der Waals surface area contributed by atoms with E-state index in [2.05, 4.69) is 9.72 Å². The van der Waals surface area contributed by atoms with Gasteiger partial charge in [-0.1, -0.05) is 0 Å². The van der Waals surface area contributed by atoms with Gasteiger partial charge in [0.15, 0.2) is 0 Å². The number of ether oxygens (including phenoxy) is 1. The molecule has 0 bridgehead atoms. The van der Waals surface area contributed by atoms with E-state index in [4.69, 9.17) is 0 Å². The molecule has 1 atom stereocenters. The predicted molar refractivity (Wildman–Crippen MR) is 61.7 cm³/mol. The van der Waals surface area contributed by atoms with Gasteiger partial charge in [0.2, 0.25) is 5.91 Å². The van der Waals surface area contributed by atoms with Gasteiger partial charge in [-0.2, -0.15) is 13.2 Å². The van der Waals surface area contributed by atoms with Crippen LogP contribution in [0.3, 0.4) is 0 Å². The first-order chi connectivity index (χ1) is 9.32. The summed E-state index contributed by atoms with van der Waals surface area (Å²) in [6.07, 6.45) is -3.67. The van der Waals surface area contributed by atoms with Crippen molar-refractivity contribution >= 4 is 17.6 Å². The van der Waals surface area contributed by atoms with E-state index in [1.807, 2.05) is 0 Å². The molecule has 2 rings (SSSR count). The van der Waals surface area contributed by atoms with Crippen LogP contribution >= 0.6 is 0 Å². The lowest BCUT2D eigenvalue weighted by Crippen LogP contribution is -2.26. The molecule has 1 saturated heterocycles. The van der Waals surface area contributed by atoms with Gasteiger partial charge < -0.3 is 9.64 Å². The van der Waals surface area contributed by atoms with Crippen LogP contribution in [0.2, 0.25) is 0 Å². The van der Waals surface area contributed by atoms with Gasteiger partial charge in [0.25, 0.3) is 0 Å². The topological polar surface area (TPSA) is 59.5 Å². The number of halogens is 3.